The Morgan fingerprint density at radius 1 is 1.23 bits per heavy atom. The summed E-state index contributed by atoms with van der Waals surface area (Å²) in [6.45, 7) is 6.87. The maximum absolute atomic E-state index is 12.9. The van der Waals surface area contributed by atoms with Gasteiger partial charge in [0.1, 0.15) is 17.2 Å². The first-order valence-electron chi connectivity index (χ1n) is 11.4. The van der Waals surface area contributed by atoms with Gasteiger partial charge in [0, 0.05) is 19.3 Å². The van der Waals surface area contributed by atoms with E-state index in [0.29, 0.717) is 43.5 Å². The van der Waals surface area contributed by atoms with Crippen molar-refractivity contribution in [2.75, 3.05) is 25.1 Å². The van der Waals surface area contributed by atoms with Gasteiger partial charge in [-0.25, -0.2) is 14.5 Å². The molecule has 1 aliphatic heterocycles. The molecular formula is C23H28N8O4. The molecule has 0 fully saturated rings. The predicted octanol–water partition coefficient (Wildman–Crippen LogP) is 2.09. The minimum absolute atomic E-state index is 0.134. The molecule has 4 heterocycles. The SMILES string of the molecule is CC(C)COC(=O)N1CCc2cnc(C(=O)Nc3cccc(-c4nnnn4[C@H](C)CO)n3)cc2C1. The van der Waals surface area contributed by atoms with Gasteiger partial charge in [-0.2, -0.15) is 0 Å². The Labute approximate surface area is 202 Å². The lowest BCUT2D eigenvalue weighted by Gasteiger charge is -2.28. The maximum Gasteiger partial charge on any atom is 0.410 e. The number of nitrogens with one attached hydrogen (secondary N) is 1. The van der Waals surface area contributed by atoms with Crippen LogP contribution in [-0.2, 0) is 17.7 Å². The molecule has 3 aromatic rings. The van der Waals surface area contributed by atoms with Crippen LogP contribution in [0.2, 0.25) is 0 Å². The fraction of sp³-hybridized carbons (Fsp3) is 0.435. The van der Waals surface area contributed by atoms with Crippen LogP contribution in [0.25, 0.3) is 11.5 Å². The summed E-state index contributed by atoms with van der Waals surface area (Å²) in [5.74, 6) is 0.504. The number of amides is 2. The molecule has 12 heteroatoms. The Morgan fingerprint density at radius 2 is 2.06 bits per heavy atom. The summed E-state index contributed by atoms with van der Waals surface area (Å²) in [6.07, 6.45) is 1.96. The maximum atomic E-state index is 12.9. The summed E-state index contributed by atoms with van der Waals surface area (Å²) in [6, 6.07) is 6.45. The molecule has 3 aromatic heterocycles. The number of hydrogen-bond acceptors (Lipinski definition) is 9. The number of anilines is 1. The number of aromatic nitrogens is 6. The van der Waals surface area contributed by atoms with Crippen molar-refractivity contribution < 1.29 is 19.4 Å². The Balaban J connectivity index is 1.47. The Bertz CT molecular complexity index is 1210. The standard InChI is InChI=1S/C23H28N8O4/c1-14(2)13-35-23(34)30-8-7-16-10-24-19(9-17(16)11-30)22(33)26-20-6-4-5-18(25-20)21-27-28-29-31(21)15(3)12-32/h4-6,9-10,14-15,32H,7-8,11-13H2,1-3H3,(H,25,26,33)/t15-/m1/s1. The lowest BCUT2D eigenvalue weighted by molar-refractivity contribution is 0.0879. The summed E-state index contributed by atoms with van der Waals surface area (Å²) in [7, 11) is 0. The minimum atomic E-state index is -0.430. The number of hydrogen-bond donors (Lipinski definition) is 2. The first-order chi connectivity index (χ1) is 16.9. The van der Waals surface area contributed by atoms with Crippen molar-refractivity contribution in [3.63, 3.8) is 0 Å². The quantitative estimate of drug-likeness (QED) is 0.518. The van der Waals surface area contributed by atoms with Gasteiger partial charge in [0.05, 0.1) is 19.3 Å². The second-order valence-corrected chi connectivity index (χ2v) is 8.82. The van der Waals surface area contributed by atoms with Gasteiger partial charge in [-0.1, -0.05) is 19.9 Å². The zero-order valence-corrected chi connectivity index (χ0v) is 19.9. The smallest absolute Gasteiger partial charge is 0.410 e. The van der Waals surface area contributed by atoms with Crippen LogP contribution < -0.4 is 5.32 Å². The van der Waals surface area contributed by atoms with Gasteiger partial charge < -0.3 is 20.1 Å². The van der Waals surface area contributed by atoms with Crippen LogP contribution in [0, 0.1) is 5.92 Å². The number of rotatable bonds is 7. The van der Waals surface area contributed by atoms with Crippen LogP contribution in [0.15, 0.2) is 30.5 Å². The second kappa shape index (κ2) is 10.6. The van der Waals surface area contributed by atoms with Gasteiger partial charge in [0.15, 0.2) is 0 Å². The highest BCUT2D eigenvalue weighted by Gasteiger charge is 2.24. The van der Waals surface area contributed by atoms with Crippen molar-refractivity contribution in [2.45, 2.75) is 39.8 Å². The minimum Gasteiger partial charge on any atom is -0.449 e. The van der Waals surface area contributed by atoms with Crippen LogP contribution >= 0.6 is 0 Å². The molecule has 0 aliphatic carbocycles. The molecule has 0 saturated carbocycles. The molecule has 12 nitrogen and oxygen atoms in total. The third-order valence-corrected chi connectivity index (χ3v) is 5.52. The number of pyridine rings is 2. The van der Waals surface area contributed by atoms with E-state index in [9.17, 15) is 14.7 Å². The topological polar surface area (TPSA) is 148 Å². The number of ether oxygens (including phenoxy) is 1. The number of carbonyl (C=O) groups is 2. The van der Waals surface area contributed by atoms with E-state index in [1.165, 1.54) is 4.68 Å². The summed E-state index contributed by atoms with van der Waals surface area (Å²) in [5, 5.41) is 23.7. The molecule has 0 bridgehead atoms. The normalized spacial score (nSPS) is 13.9. The monoisotopic (exact) mass is 480 g/mol. The number of nitrogens with zero attached hydrogens (tertiary/aromatic N) is 7. The van der Waals surface area contributed by atoms with Gasteiger partial charge in [0.25, 0.3) is 5.91 Å². The van der Waals surface area contributed by atoms with Crippen LogP contribution in [0.5, 0.6) is 0 Å². The molecule has 35 heavy (non-hydrogen) atoms. The molecule has 4 rings (SSSR count). The molecule has 1 aliphatic rings. The molecular weight excluding hydrogens is 452 g/mol. The highest BCUT2D eigenvalue weighted by Crippen LogP contribution is 2.22. The number of tetrazole rings is 1. The molecule has 1 atom stereocenters. The molecule has 0 spiro atoms. The average molecular weight is 481 g/mol. The molecule has 0 aromatic carbocycles. The number of aliphatic hydroxyl groups is 1. The summed E-state index contributed by atoms with van der Waals surface area (Å²) in [4.78, 5) is 35.6. The number of fused-ring (bicyclic) bond motifs is 1. The van der Waals surface area contributed by atoms with E-state index in [1.807, 2.05) is 13.8 Å². The summed E-state index contributed by atoms with van der Waals surface area (Å²) in [5.41, 5.74) is 2.52. The largest absolute Gasteiger partial charge is 0.449 e. The van der Waals surface area contributed by atoms with Crippen molar-refractivity contribution in [3.05, 3.63) is 47.3 Å². The molecule has 0 unspecified atom stereocenters. The molecule has 2 amide bonds. The highest BCUT2D eigenvalue weighted by atomic mass is 16.6. The first kappa shape index (κ1) is 24.2. The Morgan fingerprint density at radius 3 is 2.83 bits per heavy atom. The van der Waals surface area contributed by atoms with Crippen molar-refractivity contribution >= 4 is 17.8 Å². The number of aliphatic hydroxyl groups excluding tert-OH is 1. The summed E-state index contributed by atoms with van der Waals surface area (Å²) < 4.78 is 6.81. The highest BCUT2D eigenvalue weighted by molar-refractivity contribution is 6.02. The zero-order chi connectivity index (χ0) is 24.9. The van der Waals surface area contributed by atoms with Crippen LogP contribution in [0.3, 0.4) is 0 Å². The van der Waals surface area contributed by atoms with Crippen molar-refractivity contribution in [2.24, 2.45) is 5.92 Å². The van der Waals surface area contributed by atoms with Crippen molar-refractivity contribution in [1.82, 2.24) is 35.1 Å². The van der Waals surface area contributed by atoms with E-state index in [4.69, 9.17) is 4.74 Å². The van der Waals surface area contributed by atoms with Crippen molar-refractivity contribution in [3.8, 4) is 11.5 Å². The van der Waals surface area contributed by atoms with E-state index in [1.54, 1.807) is 42.3 Å². The van der Waals surface area contributed by atoms with E-state index in [0.717, 1.165) is 11.1 Å². The van der Waals surface area contributed by atoms with Crippen LogP contribution in [0.4, 0.5) is 10.6 Å². The first-order valence-corrected chi connectivity index (χ1v) is 11.4. The Hall–Kier alpha value is -3.93. The second-order valence-electron chi connectivity index (χ2n) is 8.82. The molecule has 2 N–H and O–H groups in total. The lowest BCUT2D eigenvalue weighted by Crippen LogP contribution is -2.37. The molecule has 184 valence electrons. The number of carbonyl (C=O) groups excluding carboxylic acids is 2. The molecule has 0 saturated heterocycles. The van der Waals surface area contributed by atoms with Gasteiger partial charge in [-0.15, -0.1) is 5.10 Å². The zero-order valence-electron chi connectivity index (χ0n) is 19.9. The average Bonchev–Trinajstić information content (AvgIpc) is 3.36. The van der Waals surface area contributed by atoms with Crippen molar-refractivity contribution in [1.29, 1.82) is 0 Å². The van der Waals surface area contributed by atoms with Crippen LogP contribution in [0.1, 0.15) is 48.4 Å². The Kier molecular flexibility index (Phi) is 7.30. The third-order valence-electron chi connectivity index (χ3n) is 5.52. The lowest BCUT2D eigenvalue weighted by atomic mass is 10.0. The van der Waals surface area contributed by atoms with E-state index in [2.05, 4.69) is 30.8 Å². The molecule has 0 radical (unpaired) electrons. The predicted molar refractivity (Wildman–Crippen MR) is 125 cm³/mol. The van der Waals surface area contributed by atoms with E-state index < -0.39 is 5.91 Å². The fourth-order valence-corrected chi connectivity index (χ4v) is 3.59. The summed E-state index contributed by atoms with van der Waals surface area (Å²) >= 11 is 0. The van der Waals surface area contributed by atoms with Gasteiger partial charge >= 0.3 is 6.09 Å². The fourth-order valence-electron chi connectivity index (χ4n) is 3.59. The van der Waals surface area contributed by atoms with Gasteiger partial charge in [-0.05, 0) is 59.0 Å². The van der Waals surface area contributed by atoms with E-state index >= 15 is 0 Å². The van der Waals surface area contributed by atoms with Gasteiger partial charge in [0.2, 0.25) is 5.82 Å². The van der Waals surface area contributed by atoms with Gasteiger partial charge in [-0.3, -0.25) is 9.78 Å². The van der Waals surface area contributed by atoms with E-state index in [-0.39, 0.29) is 30.4 Å². The van der Waals surface area contributed by atoms with Crippen LogP contribution in [-0.4, -0.2) is 71.9 Å². The third kappa shape index (κ3) is 5.60.